The van der Waals surface area contributed by atoms with Crippen LogP contribution in [-0.2, 0) is 4.43 Å². The highest BCUT2D eigenvalue weighted by Crippen LogP contribution is 2.36. The maximum Gasteiger partial charge on any atom is 0.261 e. The summed E-state index contributed by atoms with van der Waals surface area (Å²) in [4.78, 5) is 0. The van der Waals surface area contributed by atoms with Crippen molar-refractivity contribution in [2.75, 3.05) is 13.2 Å². The quantitative estimate of drug-likeness (QED) is 0.641. The minimum atomic E-state index is -2.58. The molecule has 0 amide bonds. The second-order valence-electron chi connectivity index (χ2n) is 7.01. The maximum atomic E-state index is 9.17. The monoisotopic (exact) mass is 350 g/mol. The van der Waals surface area contributed by atoms with Crippen molar-refractivity contribution in [2.24, 2.45) is 0 Å². The zero-order valence-electron chi connectivity index (χ0n) is 15.2. The first-order chi connectivity index (χ1) is 12.0. The lowest BCUT2D eigenvalue weighted by atomic mass is 10.2. The summed E-state index contributed by atoms with van der Waals surface area (Å²) in [5.74, 6) is 2.63. The predicted octanol–water partition coefficient (Wildman–Crippen LogP) is 3.11. The highest BCUT2D eigenvalue weighted by atomic mass is 28.4. The number of rotatable bonds is 6. The molecule has 25 heavy (non-hydrogen) atoms. The third-order valence-corrected chi connectivity index (χ3v) is 9.37. The Labute approximate surface area is 152 Å². The fraction of sp³-hybridized carbons (Fsp3) is 0.273. The molecular weight excluding hydrogens is 324 g/mol. The molecule has 2 rings (SSSR count). The summed E-state index contributed by atoms with van der Waals surface area (Å²) in [6.45, 7) is 6.92. The van der Waals surface area contributed by atoms with Crippen LogP contribution in [0.4, 0.5) is 0 Å². The first kappa shape index (κ1) is 19.2. The number of aliphatic hydroxyl groups is 1. The molecule has 3 heteroatoms. The van der Waals surface area contributed by atoms with Gasteiger partial charge in [0.25, 0.3) is 8.32 Å². The average Bonchev–Trinajstić information content (AvgIpc) is 2.62. The standard InChI is InChI=1S/C22H26O2Si/c1-5-19(16-17-23)18-24-25(22(2,3)4,20-12-8-6-9-13-20)21-14-10-7-11-15-21/h1,6-16,23H,17-18H2,2-4H3/b19-16+. The summed E-state index contributed by atoms with van der Waals surface area (Å²) in [5, 5.41) is 11.5. The Morgan fingerprint density at radius 1 is 1.04 bits per heavy atom. The lowest BCUT2D eigenvalue weighted by Crippen LogP contribution is -2.66. The Kier molecular flexibility index (Phi) is 6.38. The van der Waals surface area contributed by atoms with E-state index in [0.717, 1.165) is 0 Å². The van der Waals surface area contributed by atoms with Crippen LogP contribution in [0.3, 0.4) is 0 Å². The highest BCUT2D eigenvalue weighted by Gasteiger charge is 2.50. The van der Waals surface area contributed by atoms with E-state index < -0.39 is 8.32 Å². The van der Waals surface area contributed by atoms with E-state index in [4.69, 9.17) is 10.8 Å². The zero-order chi connectivity index (χ0) is 18.3. The Bertz CT molecular complexity index is 698. The third kappa shape index (κ3) is 4.11. The topological polar surface area (TPSA) is 29.5 Å². The Morgan fingerprint density at radius 3 is 1.88 bits per heavy atom. The molecule has 0 aliphatic rings. The molecule has 0 fully saturated rings. The van der Waals surface area contributed by atoms with Crippen molar-refractivity contribution in [2.45, 2.75) is 25.8 Å². The van der Waals surface area contributed by atoms with E-state index in [-0.39, 0.29) is 11.6 Å². The van der Waals surface area contributed by atoms with Crippen molar-refractivity contribution in [1.82, 2.24) is 0 Å². The molecule has 0 saturated heterocycles. The minimum Gasteiger partial charge on any atom is -0.402 e. The van der Waals surface area contributed by atoms with E-state index >= 15 is 0 Å². The van der Waals surface area contributed by atoms with Gasteiger partial charge in [-0.15, -0.1) is 6.42 Å². The SMILES string of the molecule is C#C/C(=C\CO)CO[Si](c1ccccc1)(c1ccccc1)C(C)(C)C. The molecule has 0 unspecified atom stereocenters. The van der Waals surface area contributed by atoms with Crippen molar-refractivity contribution in [3.63, 3.8) is 0 Å². The Morgan fingerprint density at radius 2 is 1.52 bits per heavy atom. The second-order valence-corrected chi connectivity index (χ2v) is 11.3. The van der Waals surface area contributed by atoms with Crippen molar-refractivity contribution in [1.29, 1.82) is 0 Å². The van der Waals surface area contributed by atoms with Crippen molar-refractivity contribution < 1.29 is 9.53 Å². The molecule has 1 N–H and O–H groups in total. The van der Waals surface area contributed by atoms with Gasteiger partial charge in [0.1, 0.15) is 0 Å². The summed E-state index contributed by atoms with van der Waals surface area (Å²) in [6, 6.07) is 20.9. The minimum absolute atomic E-state index is 0.0797. The van der Waals surface area contributed by atoms with Crippen LogP contribution in [-0.4, -0.2) is 26.6 Å². The van der Waals surface area contributed by atoms with Crippen LogP contribution in [0.25, 0.3) is 0 Å². The molecule has 0 atom stereocenters. The molecule has 0 heterocycles. The first-order valence-electron chi connectivity index (χ1n) is 8.47. The molecule has 2 aromatic carbocycles. The third-order valence-electron chi connectivity index (χ3n) is 4.38. The molecule has 0 radical (unpaired) electrons. The highest BCUT2D eigenvalue weighted by molar-refractivity contribution is 6.99. The summed E-state index contributed by atoms with van der Waals surface area (Å²) >= 11 is 0. The number of hydrogen-bond acceptors (Lipinski definition) is 2. The lowest BCUT2D eigenvalue weighted by Gasteiger charge is -2.43. The molecule has 0 saturated carbocycles. The van der Waals surface area contributed by atoms with Crippen molar-refractivity contribution >= 4 is 18.7 Å². The van der Waals surface area contributed by atoms with Gasteiger partial charge < -0.3 is 9.53 Å². The van der Waals surface area contributed by atoms with Gasteiger partial charge >= 0.3 is 0 Å². The van der Waals surface area contributed by atoms with Gasteiger partial charge in [-0.25, -0.2) is 0 Å². The number of terminal acetylenes is 1. The normalized spacial score (nSPS) is 12.7. The Hall–Kier alpha value is -2.12. The van der Waals surface area contributed by atoms with Crippen molar-refractivity contribution in [3.8, 4) is 12.3 Å². The van der Waals surface area contributed by atoms with Crippen LogP contribution in [0.5, 0.6) is 0 Å². The molecule has 0 aliphatic heterocycles. The molecule has 2 aromatic rings. The van der Waals surface area contributed by atoms with Gasteiger partial charge in [0.05, 0.1) is 13.2 Å². The molecule has 2 nitrogen and oxygen atoms in total. The van der Waals surface area contributed by atoms with Gasteiger partial charge in [-0.1, -0.05) is 87.4 Å². The second kappa shape index (κ2) is 8.31. The zero-order valence-corrected chi connectivity index (χ0v) is 16.2. The number of aliphatic hydroxyl groups excluding tert-OH is 1. The number of hydrogen-bond donors (Lipinski definition) is 1. The van der Waals surface area contributed by atoms with Crippen LogP contribution in [0, 0.1) is 12.3 Å². The van der Waals surface area contributed by atoms with Crippen molar-refractivity contribution in [3.05, 3.63) is 72.3 Å². The van der Waals surface area contributed by atoms with Gasteiger partial charge in [0.2, 0.25) is 0 Å². The molecular formula is C22H26O2Si. The maximum absolute atomic E-state index is 9.17. The largest absolute Gasteiger partial charge is 0.402 e. The van der Waals surface area contributed by atoms with E-state index in [1.54, 1.807) is 6.08 Å². The molecule has 0 bridgehead atoms. The lowest BCUT2D eigenvalue weighted by molar-refractivity contribution is 0.323. The van der Waals surface area contributed by atoms with Gasteiger partial charge in [-0.05, 0) is 21.5 Å². The van der Waals surface area contributed by atoms with Crippen LogP contribution >= 0.6 is 0 Å². The van der Waals surface area contributed by atoms with Gasteiger partial charge in [0, 0.05) is 5.57 Å². The average molecular weight is 351 g/mol. The van der Waals surface area contributed by atoms with Crippen LogP contribution in [0.2, 0.25) is 5.04 Å². The van der Waals surface area contributed by atoms with E-state index in [1.165, 1.54) is 10.4 Å². The van der Waals surface area contributed by atoms with Gasteiger partial charge in [-0.2, -0.15) is 0 Å². The molecule has 0 aliphatic carbocycles. The number of benzene rings is 2. The molecule has 0 aromatic heterocycles. The summed E-state index contributed by atoms with van der Waals surface area (Å²) in [5.41, 5.74) is 0.676. The van der Waals surface area contributed by atoms with Gasteiger partial charge in [-0.3, -0.25) is 0 Å². The van der Waals surface area contributed by atoms with E-state index in [2.05, 4.69) is 75.2 Å². The fourth-order valence-corrected chi connectivity index (χ4v) is 7.74. The molecule has 130 valence electrons. The van der Waals surface area contributed by atoms with Crippen LogP contribution < -0.4 is 10.4 Å². The summed E-state index contributed by atoms with van der Waals surface area (Å²) in [6.07, 6.45) is 7.22. The summed E-state index contributed by atoms with van der Waals surface area (Å²) < 4.78 is 6.69. The van der Waals surface area contributed by atoms with E-state index in [0.29, 0.717) is 12.2 Å². The van der Waals surface area contributed by atoms with E-state index in [1.807, 2.05) is 12.1 Å². The Balaban J connectivity index is 2.61. The van der Waals surface area contributed by atoms with Crippen LogP contribution in [0.15, 0.2) is 72.3 Å². The van der Waals surface area contributed by atoms with Crippen LogP contribution in [0.1, 0.15) is 20.8 Å². The molecule has 0 spiro atoms. The van der Waals surface area contributed by atoms with Gasteiger partial charge in [0.15, 0.2) is 0 Å². The fourth-order valence-electron chi connectivity index (χ4n) is 3.22. The smallest absolute Gasteiger partial charge is 0.261 e. The summed E-state index contributed by atoms with van der Waals surface area (Å²) in [7, 11) is -2.58. The first-order valence-corrected chi connectivity index (χ1v) is 10.4. The predicted molar refractivity (Wildman–Crippen MR) is 108 cm³/mol. The van der Waals surface area contributed by atoms with E-state index in [9.17, 15) is 5.11 Å².